The fourth-order valence-electron chi connectivity index (χ4n) is 3.56. The molecule has 0 aromatic carbocycles. The predicted molar refractivity (Wildman–Crippen MR) is 79.1 cm³/mol. The maximum absolute atomic E-state index is 12.5. The molecule has 1 atom stereocenters. The van der Waals surface area contributed by atoms with Gasteiger partial charge in [-0.3, -0.25) is 9.69 Å². The Balaban J connectivity index is 1.85. The molecule has 3 nitrogen and oxygen atoms in total. The van der Waals surface area contributed by atoms with E-state index in [2.05, 4.69) is 17.1 Å². The minimum atomic E-state index is 0.150. The van der Waals surface area contributed by atoms with Crippen LogP contribution >= 0.6 is 0 Å². The number of amides is 1. The van der Waals surface area contributed by atoms with Crippen molar-refractivity contribution in [3.8, 4) is 0 Å². The highest BCUT2D eigenvalue weighted by Crippen LogP contribution is 2.20. The van der Waals surface area contributed by atoms with Gasteiger partial charge in [-0.1, -0.05) is 39.0 Å². The van der Waals surface area contributed by atoms with Gasteiger partial charge in [0, 0.05) is 6.04 Å². The van der Waals surface area contributed by atoms with E-state index in [1.165, 1.54) is 51.4 Å². The van der Waals surface area contributed by atoms with Crippen LogP contribution in [0.25, 0.3) is 0 Å². The number of rotatable bonds is 4. The highest BCUT2D eigenvalue weighted by atomic mass is 16.2. The summed E-state index contributed by atoms with van der Waals surface area (Å²) in [4.78, 5) is 14.9. The molecule has 2 fully saturated rings. The lowest BCUT2D eigenvalue weighted by Gasteiger charge is -2.35. The number of hydrogen-bond donors (Lipinski definition) is 1. The molecule has 1 heterocycles. The summed E-state index contributed by atoms with van der Waals surface area (Å²) in [5.41, 5.74) is 0. The van der Waals surface area contributed by atoms with Crippen LogP contribution in [-0.2, 0) is 4.79 Å². The van der Waals surface area contributed by atoms with Gasteiger partial charge >= 0.3 is 0 Å². The molecule has 0 bridgehead atoms. The molecule has 1 N–H and O–H groups in total. The van der Waals surface area contributed by atoms with E-state index in [9.17, 15) is 4.79 Å². The summed E-state index contributed by atoms with van der Waals surface area (Å²) in [5, 5.41) is 3.34. The molecule has 0 radical (unpaired) electrons. The van der Waals surface area contributed by atoms with Crippen LogP contribution in [0, 0.1) is 0 Å². The lowest BCUT2D eigenvalue weighted by Crippen LogP contribution is -2.51. The molecule has 1 amide bonds. The van der Waals surface area contributed by atoms with Gasteiger partial charge in [0.1, 0.15) is 0 Å². The zero-order valence-electron chi connectivity index (χ0n) is 12.5. The lowest BCUT2D eigenvalue weighted by atomic mass is 10.00. The fraction of sp³-hybridized carbons (Fsp3) is 0.938. The van der Waals surface area contributed by atoms with E-state index >= 15 is 0 Å². The van der Waals surface area contributed by atoms with E-state index in [4.69, 9.17) is 0 Å². The predicted octanol–water partition coefficient (Wildman–Crippen LogP) is 3.09. The zero-order chi connectivity index (χ0) is 13.5. The molecule has 1 aliphatic heterocycles. The maximum atomic E-state index is 12.5. The highest BCUT2D eigenvalue weighted by molar-refractivity contribution is 5.82. The molecule has 1 saturated heterocycles. The maximum Gasteiger partial charge on any atom is 0.237 e. The van der Waals surface area contributed by atoms with Crippen LogP contribution in [-0.4, -0.2) is 36.0 Å². The van der Waals surface area contributed by atoms with Crippen molar-refractivity contribution in [1.29, 1.82) is 0 Å². The van der Waals surface area contributed by atoms with Gasteiger partial charge < -0.3 is 5.32 Å². The van der Waals surface area contributed by atoms with E-state index in [-0.39, 0.29) is 6.04 Å². The molecule has 110 valence electrons. The second-order valence-electron chi connectivity index (χ2n) is 6.24. The van der Waals surface area contributed by atoms with Crippen LogP contribution in [0.4, 0.5) is 0 Å². The molecule has 2 aliphatic rings. The summed E-state index contributed by atoms with van der Waals surface area (Å²) in [6.07, 6.45) is 12.3. The van der Waals surface area contributed by atoms with E-state index in [1.54, 1.807) is 0 Å². The Kier molecular flexibility index (Phi) is 6.15. The Morgan fingerprint density at radius 3 is 2.42 bits per heavy atom. The van der Waals surface area contributed by atoms with Crippen molar-refractivity contribution in [2.24, 2.45) is 0 Å². The molecule has 3 heteroatoms. The molecule has 2 rings (SSSR count). The van der Waals surface area contributed by atoms with Crippen LogP contribution in [0.3, 0.4) is 0 Å². The first-order chi connectivity index (χ1) is 9.31. The van der Waals surface area contributed by atoms with Gasteiger partial charge in [-0.25, -0.2) is 0 Å². The zero-order valence-corrected chi connectivity index (χ0v) is 12.5. The molecular weight excluding hydrogens is 236 g/mol. The van der Waals surface area contributed by atoms with Crippen LogP contribution in [0.5, 0.6) is 0 Å². The molecule has 0 spiro atoms. The summed E-state index contributed by atoms with van der Waals surface area (Å²) in [6.45, 7) is 4.38. The monoisotopic (exact) mass is 266 g/mol. The molecule has 1 unspecified atom stereocenters. The summed E-state index contributed by atoms with van der Waals surface area (Å²) < 4.78 is 0. The van der Waals surface area contributed by atoms with Gasteiger partial charge in [0.05, 0.1) is 6.04 Å². The molecule has 1 aliphatic carbocycles. The highest BCUT2D eigenvalue weighted by Gasteiger charge is 2.29. The van der Waals surface area contributed by atoms with Crippen molar-refractivity contribution >= 4 is 5.91 Å². The summed E-state index contributed by atoms with van der Waals surface area (Å²) in [5.74, 6) is 0.306. The average molecular weight is 266 g/mol. The number of nitrogens with one attached hydrogen (secondary N) is 1. The first-order valence-corrected chi connectivity index (χ1v) is 8.35. The Morgan fingerprint density at radius 2 is 1.74 bits per heavy atom. The van der Waals surface area contributed by atoms with Crippen LogP contribution in [0.1, 0.15) is 71.1 Å². The van der Waals surface area contributed by atoms with Crippen molar-refractivity contribution < 1.29 is 4.79 Å². The number of nitrogens with zero attached hydrogens (tertiary/aromatic N) is 1. The number of carbonyl (C=O) groups is 1. The topological polar surface area (TPSA) is 32.3 Å². The number of piperidine rings is 1. The third-order valence-electron chi connectivity index (χ3n) is 4.63. The minimum Gasteiger partial charge on any atom is -0.352 e. The summed E-state index contributed by atoms with van der Waals surface area (Å²) in [7, 11) is 0. The quantitative estimate of drug-likeness (QED) is 0.793. The van der Waals surface area contributed by atoms with Crippen molar-refractivity contribution in [1.82, 2.24) is 10.2 Å². The minimum absolute atomic E-state index is 0.150. The molecule has 1 saturated carbocycles. The smallest absolute Gasteiger partial charge is 0.237 e. The van der Waals surface area contributed by atoms with Crippen LogP contribution < -0.4 is 5.32 Å². The molecule has 0 aromatic rings. The fourth-order valence-corrected chi connectivity index (χ4v) is 3.56. The Morgan fingerprint density at radius 1 is 1.05 bits per heavy atom. The van der Waals surface area contributed by atoms with Crippen molar-refractivity contribution in [2.75, 3.05) is 13.1 Å². The molecule has 0 aromatic heterocycles. The second-order valence-corrected chi connectivity index (χ2v) is 6.24. The van der Waals surface area contributed by atoms with Crippen LogP contribution in [0.15, 0.2) is 0 Å². The second kappa shape index (κ2) is 7.88. The number of carbonyl (C=O) groups excluding carboxylic acids is 1. The third kappa shape index (κ3) is 4.48. The van der Waals surface area contributed by atoms with E-state index in [0.717, 1.165) is 25.9 Å². The van der Waals surface area contributed by atoms with E-state index in [1.807, 2.05) is 0 Å². The van der Waals surface area contributed by atoms with Crippen LogP contribution in [0.2, 0.25) is 0 Å². The standard InChI is InChI=1S/C16H30N2O/c1-2-12-18-13-8-7-11-15(18)16(19)17-14-9-5-3-4-6-10-14/h14-15H,2-13H2,1H3,(H,17,19). The average Bonchev–Trinajstić information content (AvgIpc) is 2.68. The first-order valence-electron chi connectivity index (χ1n) is 8.35. The van der Waals surface area contributed by atoms with Crippen molar-refractivity contribution in [3.05, 3.63) is 0 Å². The first kappa shape index (κ1) is 14.8. The van der Waals surface area contributed by atoms with Gasteiger partial charge in [-0.2, -0.15) is 0 Å². The SMILES string of the molecule is CCCN1CCCCC1C(=O)NC1CCCCCC1. The van der Waals surface area contributed by atoms with Gasteiger partial charge in [0.25, 0.3) is 0 Å². The number of likely N-dealkylation sites (tertiary alicyclic amines) is 1. The molecule has 19 heavy (non-hydrogen) atoms. The Labute approximate surface area is 118 Å². The Hall–Kier alpha value is -0.570. The van der Waals surface area contributed by atoms with Gasteiger partial charge in [0.2, 0.25) is 5.91 Å². The number of hydrogen-bond acceptors (Lipinski definition) is 2. The van der Waals surface area contributed by atoms with Crippen molar-refractivity contribution in [3.63, 3.8) is 0 Å². The van der Waals surface area contributed by atoms with Crippen molar-refractivity contribution in [2.45, 2.75) is 83.2 Å². The van der Waals surface area contributed by atoms with E-state index < -0.39 is 0 Å². The van der Waals surface area contributed by atoms with Gasteiger partial charge in [0.15, 0.2) is 0 Å². The normalized spacial score (nSPS) is 26.9. The largest absolute Gasteiger partial charge is 0.352 e. The summed E-state index contributed by atoms with van der Waals surface area (Å²) in [6, 6.07) is 0.595. The third-order valence-corrected chi connectivity index (χ3v) is 4.63. The van der Waals surface area contributed by atoms with Gasteiger partial charge in [-0.05, 0) is 45.2 Å². The summed E-state index contributed by atoms with van der Waals surface area (Å²) >= 11 is 0. The van der Waals surface area contributed by atoms with Gasteiger partial charge in [-0.15, -0.1) is 0 Å². The Bertz CT molecular complexity index is 270. The lowest BCUT2D eigenvalue weighted by molar-refractivity contribution is -0.128. The molecular formula is C16H30N2O. The van der Waals surface area contributed by atoms with E-state index in [0.29, 0.717) is 11.9 Å².